The molecule has 0 fully saturated rings. The third-order valence-corrected chi connectivity index (χ3v) is 2.25. The minimum atomic E-state index is -0.350. The van der Waals surface area contributed by atoms with Crippen LogP contribution in [0.15, 0.2) is 0 Å². The molecule has 1 amide bonds. The van der Waals surface area contributed by atoms with Gasteiger partial charge in [0.05, 0.1) is 10.9 Å². The lowest BCUT2D eigenvalue weighted by Gasteiger charge is -2.09. The maximum atomic E-state index is 11.3. The topological polar surface area (TPSA) is 55.1 Å². The Kier molecular flexibility index (Phi) is 6.49. The van der Waals surface area contributed by atoms with Crippen molar-refractivity contribution < 1.29 is 4.79 Å². The minimum Gasteiger partial charge on any atom is -0.393 e. The average molecular weight is 202 g/mol. The van der Waals surface area contributed by atoms with Crippen LogP contribution in [-0.2, 0) is 4.79 Å². The zero-order chi connectivity index (χ0) is 10.3. The minimum absolute atomic E-state index is 0.0661. The Hall–Kier alpha value is -0.640. The summed E-state index contributed by atoms with van der Waals surface area (Å²) in [5.41, 5.74) is 5.34. The van der Waals surface area contributed by atoms with E-state index in [0.717, 1.165) is 25.8 Å². The molecule has 0 aliphatic carbocycles. The molecule has 0 aromatic rings. The van der Waals surface area contributed by atoms with Gasteiger partial charge in [-0.25, -0.2) is 0 Å². The summed E-state index contributed by atoms with van der Waals surface area (Å²) in [6, 6.07) is 0. The zero-order valence-corrected chi connectivity index (χ0v) is 9.12. The quantitative estimate of drug-likeness (QED) is 0.503. The van der Waals surface area contributed by atoms with E-state index in [0.29, 0.717) is 0 Å². The number of carbonyl (C=O) groups is 1. The van der Waals surface area contributed by atoms with Crippen molar-refractivity contribution in [3.63, 3.8) is 0 Å². The van der Waals surface area contributed by atoms with E-state index in [1.165, 1.54) is 0 Å². The molecule has 1 atom stereocenters. The molecular formula is C9H18N2OS. The lowest BCUT2D eigenvalue weighted by Crippen LogP contribution is -2.36. The molecule has 3 nitrogen and oxygen atoms in total. The largest absolute Gasteiger partial charge is 0.393 e. The number of nitrogens with two attached hydrogens (primary N) is 1. The van der Waals surface area contributed by atoms with Crippen LogP contribution >= 0.6 is 12.2 Å². The number of nitrogens with one attached hydrogen (secondary N) is 1. The van der Waals surface area contributed by atoms with Gasteiger partial charge in [0.15, 0.2) is 0 Å². The van der Waals surface area contributed by atoms with E-state index >= 15 is 0 Å². The summed E-state index contributed by atoms with van der Waals surface area (Å²) in [6.07, 6.45) is 3.31. The van der Waals surface area contributed by atoms with Gasteiger partial charge in [-0.05, 0) is 13.3 Å². The molecule has 1 unspecified atom stereocenters. The van der Waals surface area contributed by atoms with Gasteiger partial charge < -0.3 is 11.1 Å². The van der Waals surface area contributed by atoms with Gasteiger partial charge >= 0.3 is 0 Å². The highest BCUT2D eigenvalue weighted by molar-refractivity contribution is 7.80. The van der Waals surface area contributed by atoms with Crippen molar-refractivity contribution in [3.8, 4) is 0 Å². The molecule has 0 rings (SSSR count). The van der Waals surface area contributed by atoms with Crippen molar-refractivity contribution >= 4 is 23.1 Å². The Morgan fingerprint density at radius 1 is 1.54 bits per heavy atom. The number of amides is 1. The molecule has 0 heterocycles. The lowest BCUT2D eigenvalue weighted by molar-refractivity contribution is -0.122. The summed E-state index contributed by atoms with van der Waals surface area (Å²) in [7, 11) is 0. The predicted molar refractivity (Wildman–Crippen MR) is 58.5 cm³/mol. The molecule has 0 bridgehead atoms. The smallest absolute Gasteiger partial charge is 0.229 e. The van der Waals surface area contributed by atoms with Crippen LogP contribution in [0, 0.1) is 5.92 Å². The second-order valence-corrected chi connectivity index (χ2v) is 3.59. The van der Waals surface area contributed by atoms with Gasteiger partial charge in [-0.1, -0.05) is 32.0 Å². The molecule has 0 saturated carbocycles. The summed E-state index contributed by atoms with van der Waals surface area (Å²) < 4.78 is 0. The molecule has 0 radical (unpaired) electrons. The van der Waals surface area contributed by atoms with Gasteiger partial charge in [0, 0.05) is 6.54 Å². The molecule has 0 spiro atoms. The number of carbonyl (C=O) groups excluding carboxylic acids is 1. The molecule has 3 N–H and O–H groups in total. The summed E-state index contributed by atoms with van der Waals surface area (Å²) in [5, 5.41) is 2.79. The van der Waals surface area contributed by atoms with Crippen LogP contribution in [0.4, 0.5) is 0 Å². The van der Waals surface area contributed by atoms with E-state index < -0.39 is 0 Å². The number of hydrogen-bond acceptors (Lipinski definition) is 2. The Morgan fingerprint density at radius 3 is 2.62 bits per heavy atom. The maximum Gasteiger partial charge on any atom is 0.229 e. The van der Waals surface area contributed by atoms with Gasteiger partial charge in [0.1, 0.15) is 0 Å². The van der Waals surface area contributed by atoms with Crippen LogP contribution in [0.5, 0.6) is 0 Å². The van der Waals surface area contributed by atoms with E-state index in [2.05, 4.69) is 12.2 Å². The fourth-order valence-electron chi connectivity index (χ4n) is 0.869. The van der Waals surface area contributed by atoms with Crippen molar-refractivity contribution in [2.45, 2.75) is 33.1 Å². The molecule has 0 aliphatic rings. The molecular weight excluding hydrogens is 184 g/mol. The summed E-state index contributed by atoms with van der Waals surface area (Å²) in [6.45, 7) is 4.57. The molecule has 0 aliphatic heterocycles. The first-order chi connectivity index (χ1) is 6.09. The fourth-order valence-corrected chi connectivity index (χ4v) is 0.976. The highest BCUT2D eigenvalue weighted by Gasteiger charge is 2.13. The first-order valence-electron chi connectivity index (χ1n) is 4.66. The van der Waals surface area contributed by atoms with Gasteiger partial charge in [-0.2, -0.15) is 0 Å². The SMILES string of the molecule is CCCCCNC(=O)C(C)C(N)=S. The number of unbranched alkanes of at least 4 members (excludes halogenated alkanes) is 2. The van der Waals surface area contributed by atoms with Crippen LogP contribution < -0.4 is 11.1 Å². The molecule has 0 aromatic carbocycles. The van der Waals surface area contributed by atoms with Gasteiger partial charge in [0.2, 0.25) is 5.91 Å². The standard InChI is InChI=1S/C9H18N2OS/c1-3-4-5-6-11-9(12)7(2)8(10)13/h7H,3-6H2,1-2H3,(H2,10,13)(H,11,12). The van der Waals surface area contributed by atoms with E-state index in [1.54, 1.807) is 6.92 Å². The van der Waals surface area contributed by atoms with Crippen LogP contribution in [0.2, 0.25) is 0 Å². The first kappa shape index (κ1) is 12.4. The van der Waals surface area contributed by atoms with Crippen LogP contribution in [0.1, 0.15) is 33.1 Å². The van der Waals surface area contributed by atoms with Crippen molar-refractivity contribution in [2.75, 3.05) is 6.54 Å². The monoisotopic (exact) mass is 202 g/mol. The Morgan fingerprint density at radius 2 is 2.15 bits per heavy atom. The second kappa shape index (κ2) is 6.83. The van der Waals surface area contributed by atoms with Gasteiger partial charge in [-0.15, -0.1) is 0 Å². The van der Waals surface area contributed by atoms with Crippen molar-refractivity contribution in [3.05, 3.63) is 0 Å². The first-order valence-corrected chi connectivity index (χ1v) is 5.07. The van der Waals surface area contributed by atoms with E-state index in [4.69, 9.17) is 18.0 Å². The summed E-state index contributed by atoms with van der Waals surface area (Å²) in [5.74, 6) is -0.416. The Balaban J connectivity index is 3.56. The zero-order valence-electron chi connectivity index (χ0n) is 8.30. The van der Waals surface area contributed by atoms with Crippen molar-refractivity contribution in [2.24, 2.45) is 11.7 Å². The molecule has 0 aromatic heterocycles. The van der Waals surface area contributed by atoms with Gasteiger partial charge in [-0.3, -0.25) is 4.79 Å². The summed E-state index contributed by atoms with van der Waals surface area (Å²) >= 11 is 4.71. The van der Waals surface area contributed by atoms with Crippen LogP contribution in [-0.4, -0.2) is 17.4 Å². The third-order valence-electron chi connectivity index (χ3n) is 1.90. The van der Waals surface area contributed by atoms with Crippen LogP contribution in [0.25, 0.3) is 0 Å². The number of rotatable bonds is 6. The normalized spacial score (nSPS) is 12.2. The second-order valence-electron chi connectivity index (χ2n) is 3.12. The van der Waals surface area contributed by atoms with Crippen molar-refractivity contribution in [1.82, 2.24) is 5.32 Å². The van der Waals surface area contributed by atoms with Crippen LogP contribution in [0.3, 0.4) is 0 Å². The molecule has 13 heavy (non-hydrogen) atoms. The predicted octanol–water partition coefficient (Wildman–Crippen LogP) is 1.22. The average Bonchev–Trinajstić information content (AvgIpc) is 2.10. The molecule has 76 valence electrons. The fraction of sp³-hybridized carbons (Fsp3) is 0.778. The van der Waals surface area contributed by atoms with E-state index in [9.17, 15) is 4.79 Å². The van der Waals surface area contributed by atoms with E-state index in [1.807, 2.05) is 0 Å². The van der Waals surface area contributed by atoms with Crippen molar-refractivity contribution in [1.29, 1.82) is 0 Å². The Labute approximate surface area is 85.1 Å². The van der Waals surface area contributed by atoms with E-state index in [-0.39, 0.29) is 16.8 Å². The highest BCUT2D eigenvalue weighted by atomic mass is 32.1. The molecule has 4 heteroatoms. The highest BCUT2D eigenvalue weighted by Crippen LogP contribution is 1.96. The lowest BCUT2D eigenvalue weighted by atomic mass is 10.1. The maximum absolute atomic E-state index is 11.3. The molecule has 0 saturated heterocycles. The summed E-state index contributed by atoms with van der Waals surface area (Å²) in [4.78, 5) is 11.5. The number of thiocarbonyl (C=S) groups is 1. The number of hydrogen-bond donors (Lipinski definition) is 2. The third kappa shape index (κ3) is 5.58. The Bertz CT molecular complexity index is 182. The van der Waals surface area contributed by atoms with Gasteiger partial charge in [0.25, 0.3) is 0 Å².